The van der Waals surface area contributed by atoms with E-state index in [1.165, 1.54) is 0 Å². The van der Waals surface area contributed by atoms with Gasteiger partial charge in [0.2, 0.25) is 5.89 Å². The van der Waals surface area contributed by atoms with Crippen molar-refractivity contribution in [2.24, 2.45) is 0 Å². The van der Waals surface area contributed by atoms with Gasteiger partial charge in [0.25, 0.3) is 5.89 Å². The Morgan fingerprint density at radius 3 is 2.67 bits per heavy atom. The van der Waals surface area contributed by atoms with Crippen LogP contribution in [0.5, 0.6) is 5.75 Å². The highest BCUT2D eigenvalue weighted by Gasteiger charge is 2.28. The predicted molar refractivity (Wildman–Crippen MR) is 127 cm³/mol. The van der Waals surface area contributed by atoms with Crippen molar-refractivity contribution >= 4 is 33.1 Å². The summed E-state index contributed by atoms with van der Waals surface area (Å²) in [7, 11) is 0. The van der Waals surface area contributed by atoms with Crippen LogP contribution in [0.2, 0.25) is 0 Å². The third-order valence-corrected chi connectivity index (χ3v) is 6.18. The first-order chi connectivity index (χ1) is 16.0. The third-order valence-electron chi connectivity index (χ3n) is 5.65. The molecule has 0 aliphatic rings. The monoisotopic (exact) mass is 502 g/mol. The molecule has 0 saturated carbocycles. The fraction of sp³-hybridized carbons (Fsp3) is 0.120. The fourth-order valence-corrected chi connectivity index (χ4v) is 4.33. The van der Waals surface area contributed by atoms with Gasteiger partial charge in [-0.25, -0.2) is 0 Å². The number of hydrogen-bond acceptors (Lipinski definition) is 6. The molecule has 0 saturated heterocycles. The van der Waals surface area contributed by atoms with Crippen molar-refractivity contribution in [1.82, 2.24) is 19.7 Å². The Bertz CT molecular complexity index is 1440. The number of aromatic nitrogens is 4. The van der Waals surface area contributed by atoms with Gasteiger partial charge in [-0.2, -0.15) is 0 Å². The number of aromatic hydroxyl groups is 1. The third kappa shape index (κ3) is 3.93. The lowest BCUT2D eigenvalue weighted by molar-refractivity contribution is -0.108. The standard InChI is InChI=1S/C25H19BrN4O3/c1-15-23(20(14-31)24-28-29-25(33-24)21-4-2-3-11-27-21)19-12-18(32)9-10-22(19)30(15)13-16-5-7-17(26)8-6-16/h2-12,14,20,32H,13H2,1H3. The summed E-state index contributed by atoms with van der Waals surface area (Å²) < 4.78 is 8.99. The smallest absolute Gasteiger partial charge is 0.266 e. The first-order valence-corrected chi connectivity index (χ1v) is 11.1. The Hall–Kier alpha value is -3.78. The summed E-state index contributed by atoms with van der Waals surface area (Å²) in [5.41, 5.74) is 4.15. The molecule has 164 valence electrons. The van der Waals surface area contributed by atoms with E-state index >= 15 is 0 Å². The minimum atomic E-state index is -0.787. The molecule has 0 aliphatic heterocycles. The van der Waals surface area contributed by atoms with Crippen molar-refractivity contribution in [3.05, 3.63) is 94.0 Å². The van der Waals surface area contributed by atoms with Crippen LogP contribution in [-0.2, 0) is 11.3 Å². The first kappa shape index (κ1) is 21.1. The molecule has 33 heavy (non-hydrogen) atoms. The molecule has 0 fully saturated rings. The molecule has 2 aromatic carbocycles. The van der Waals surface area contributed by atoms with Crippen LogP contribution in [0.4, 0.5) is 0 Å². The number of phenolic OH excluding ortho intramolecular Hbond substituents is 1. The molecule has 1 atom stereocenters. The molecule has 0 bridgehead atoms. The van der Waals surface area contributed by atoms with E-state index in [4.69, 9.17) is 4.42 Å². The second-order valence-corrected chi connectivity index (χ2v) is 8.60. The Balaban J connectivity index is 1.63. The van der Waals surface area contributed by atoms with E-state index in [1.807, 2.05) is 43.3 Å². The highest BCUT2D eigenvalue weighted by molar-refractivity contribution is 9.10. The molecule has 3 heterocycles. The first-order valence-electron chi connectivity index (χ1n) is 10.3. The number of halogens is 1. The summed E-state index contributed by atoms with van der Waals surface area (Å²) in [5, 5.41) is 19.2. The average molecular weight is 503 g/mol. The van der Waals surface area contributed by atoms with Gasteiger partial charge in [-0.15, -0.1) is 10.2 Å². The SMILES string of the molecule is Cc1c(C(C=O)c2nnc(-c3ccccn3)o2)c2cc(O)ccc2n1Cc1ccc(Br)cc1. The van der Waals surface area contributed by atoms with Crippen LogP contribution >= 0.6 is 15.9 Å². The van der Waals surface area contributed by atoms with E-state index in [1.54, 1.807) is 30.5 Å². The number of rotatable bonds is 6. The Morgan fingerprint density at radius 2 is 1.94 bits per heavy atom. The Labute approximate surface area is 197 Å². The quantitative estimate of drug-likeness (QED) is 0.319. The summed E-state index contributed by atoms with van der Waals surface area (Å²) in [5.74, 6) is -0.240. The zero-order valence-corrected chi connectivity index (χ0v) is 19.2. The van der Waals surface area contributed by atoms with Crippen molar-refractivity contribution in [1.29, 1.82) is 0 Å². The van der Waals surface area contributed by atoms with Crippen LogP contribution in [0.1, 0.15) is 28.6 Å². The van der Waals surface area contributed by atoms with Crippen molar-refractivity contribution in [3.8, 4) is 17.3 Å². The van der Waals surface area contributed by atoms with Crippen molar-refractivity contribution in [2.45, 2.75) is 19.4 Å². The largest absolute Gasteiger partial charge is 0.508 e. The minimum absolute atomic E-state index is 0.119. The molecule has 0 aliphatic carbocycles. The topological polar surface area (TPSA) is 94.0 Å². The maximum atomic E-state index is 12.3. The number of benzene rings is 2. The van der Waals surface area contributed by atoms with Crippen molar-refractivity contribution in [3.63, 3.8) is 0 Å². The molecule has 5 rings (SSSR count). The van der Waals surface area contributed by atoms with Gasteiger partial charge < -0.3 is 18.9 Å². The fourth-order valence-electron chi connectivity index (χ4n) is 4.07. The van der Waals surface area contributed by atoms with E-state index < -0.39 is 5.92 Å². The van der Waals surface area contributed by atoms with E-state index in [9.17, 15) is 9.90 Å². The highest BCUT2D eigenvalue weighted by atomic mass is 79.9. The molecular formula is C25H19BrN4O3. The molecule has 5 aromatic rings. The van der Waals surface area contributed by atoms with Crippen LogP contribution in [-0.4, -0.2) is 31.1 Å². The van der Waals surface area contributed by atoms with Gasteiger partial charge in [0, 0.05) is 39.4 Å². The van der Waals surface area contributed by atoms with Crippen LogP contribution in [0.3, 0.4) is 0 Å². The van der Waals surface area contributed by atoms with Crippen LogP contribution in [0.15, 0.2) is 75.8 Å². The van der Waals surface area contributed by atoms with Gasteiger partial charge in [-0.1, -0.05) is 34.1 Å². The van der Waals surface area contributed by atoms with Gasteiger partial charge in [0.15, 0.2) is 0 Å². The minimum Gasteiger partial charge on any atom is -0.508 e. The molecule has 8 heteroatoms. The zero-order valence-electron chi connectivity index (χ0n) is 17.6. The second kappa shape index (κ2) is 8.63. The maximum Gasteiger partial charge on any atom is 0.266 e. The second-order valence-electron chi connectivity index (χ2n) is 7.69. The number of carbonyl (C=O) groups excluding carboxylic acids is 1. The number of fused-ring (bicyclic) bond motifs is 1. The van der Waals surface area contributed by atoms with Gasteiger partial charge in [-0.05, 0) is 55.0 Å². The van der Waals surface area contributed by atoms with Gasteiger partial charge in [0.05, 0.1) is 0 Å². The van der Waals surface area contributed by atoms with Gasteiger partial charge >= 0.3 is 0 Å². The van der Waals surface area contributed by atoms with Crippen LogP contribution < -0.4 is 0 Å². The number of nitrogens with zero attached hydrogens (tertiary/aromatic N) is 4. The number of carbonyl (C=O) groups is 1. The highest BCUT2D eigenvalue weighted by Crippen LogP contribution is 2.37. The molecule has 1 N–H and O–H groups in total. The van der Waals surface area contributed by atoms with E-state index in [-0.39, 0.29) is 17.5 Å². The summed E-state index contributed by atoms with van der Waals surface area (Å²) in [6.45, 7) is 2.56. The normalized spacial score (nSPS) is 12.2. The van der Waals surface area contributed by atoms with E-state index in [0.717, 1.165) is 38.5 Å². The summed E-state index contributed by atoms with van der Waals surface area (Å²) >= 11 is 3.47. The lowest BCUT2D eigenvalue weighted by atomic mass is 9.97. The van der Waals surface area contributed by atoms with E-state index in [0.29, 0.717) is 12.2 Å². The van der Waals surface area contributed by atoms with Crippen LogP contribution in [0.25, 0.3) is 22.5 Å². The van der Waals surface area contributed by atoms with Crippen LogP contribution in [0, 0.1) is 6.92 Å². The van der Waals surface area contributed by atoms with Gasteiger partial charge in [-0.3, -0.25) is 4.98 Å². The van der Waals surface area contributed by atoms with Crippen molar-refractivity contribution in [2.75, 3.05) is 0 Å². The molecular weight excluding hydrogens is 484 g/mol. The number of pyridine rings is 1. The molecule has 3 aromatic heterocycles. The number of phenols is 1. The molecule has 7 nitrogen and oxygen atoms in total. The molecule has 1 unspecified atom stereocenters. The number of aldehydes is 1. The zero-order chi connectivity index (χ0) is 22.9. The predicted octanol–water partition coefficient (Wildman–Crippen LogP) is 5.24. The van der Waals surface area contributed by atoms with E-state index in [2.05, 4.69) is 35.7 Å². The summed E-state index contributed by atoms with van der Waals surface area (Å²) in [4.78, 5) is 16.5. The van der Waals surface area contributed by atoms with Gasteiger partial charge in [0.1, 0.15) is 23.6 Å². The Kier molecular flexibility index (Phi) is 5.51. The maximum absolute atomic E-state index is 12.3. The number of hydrogen-bond donors (Lipinski definition) is 1. The molecule has 0 amide bonds. The summed E-state index contributed by atoms with van der Waals surface area (Å²) in [6.07, 6.45) is 2.44. The lowest BCUT2D eigenvalue weighted by Crippen LogP contribution is -2.07. The average Bonchev–Trinajstić information content (AvgIpc) is 3.41. The molecule has 0 spiro atoms. The Morgan fingerprint density at radius 1 is 1.12 bits per heavy atom. The lowest BCUT2D eigenvalue weighted by Gasteiger charge is -2.11. The van der Waals surface area contributed by atoms with Crippen molar-refractivity contribution < 1.29 is 14.3 Å². The summed E-state index contributed by atoms with van der Waals surface area (Å²) in [6, 6.07) is 18.6. The molecule has 0 radical (unpaired) electrons.